The number of carbonyl (C=O) groups excluding carboxylic acids is 1. The van der Waals surface area contributed by atoms with Crippen LogP contribution in [0.5, 0.6) is 0 Å². The second-order valence-corrected chi connectivity index (χ2v) is 7.74. The van der Waals surface area contributed by atoms with E-state index in [-0.39, 0.29) is 18.1 Å². The predicted octanol–water partition coefficient (Wildman–Crippen LogP) is 3.12. The van der Waals surface area contributed by atoms with E-state index < -0.39 is 0 Å². The normalized spacial score (nSPS) is 22.3. The SMILES string of the molecule is O=C(Cc1ccccc1F)N1CC2CN(c3ccc(Br)cn3)CC2C1. The third-order valence-corrected chi connectivity index (χ3v) is 5.64. The summed E-state index contributed by atoms with van der Waals surface area (Å²) in [5.41, 5.74) is 0.477. The topological polar surface area (TPSA) is 36.4 Å². The van der Waals surface area contributed by atoms with E-state index in [1.807, 2.05) is 23.2 Å². The summed E-state index contributed by atoms with van der Waals surface area (Å²) in [6.07, 6.45) is 1.96. The van der Waals surface area contributed by atoms with Crippen LogP contribution in [0.2, 0.25) is 0 Å². The number of anilines is 1. The summed E-state index contributed by atoms with van der Waals surface area (Å²) in [6.45, 7) is 3.35. The molecule has 3 heterocycles. The number of rotatable bonds is 3. The highest BCUT2D eigenvalue weighted by molar-refractivity contribution is 9.10. The maximum atomic E-state index is 13.7. The molecular formula is C19H19BrFN3O. The first-order valence-corrected chi connectivity index (χ1v) is 9.27. The Kier molecular flexibility index (Phi) is 4.46. The van der Waals surface area contributed by atoms with Crippen LogP contribution in [0.1, 0.15) is 5.56 Å². The highest BCUT2D eigenvalue weighted by Crippen LogP contribution is 2.33. The summed E-state index contributed by atoms with van der Waals surface area (Å²) in [5.74, 6) is 1.64. The molecule has 0 aliphatic carbocycles. The lowest BCUT2D eigenvalue weighted by molar-refractivity contribution is -0.129. The van der Waals surface area contributed by atoms with Gasteiger partial charge in [0.15, 0.2) is 0 Å². The molecule has 2 aromatic rings. The maximum absolute atomic E-state index is 13.7. The van der Waals surface area contributed by atoms with Gasteiger partial charge < -0.3 is 9.80 Å². The van der Waals surface area contributed by atoms with Crippen molar-refractivity contribution in [2.45, 2.75) is 6.42 Å². The molecule has 2 unspecified atom stereocenters. The van der Waals surface area contributed by atoms with Crippen LogP contribution in [-0.2, 0) is 11.2 Å². The standard InChI is InChI=1S/C19H19BrFN3O/c20-16-5-6-18(22-8-16)23-9-14-11-24(12-15(14)10-23)19(25)7-13-3-1-2-4-17(13)21/h1-6,8,14-15H,7,9-12H2. The number of aromatic nitrogens is 1. The van der Waals surface area contributed by atoms with Crippen LogP contribution < -0.4 is 4.90 Å². The molecular weight excluding hydrogens is 385 g/mol. The van der Waals surface area contributed by atoms with Crippen LogP contribution in [0.15, 0.2) is 47.1 Å². The predicted molar refractivity (Wildman–Crippen MR) is 97.8 cm³/mol. The first kappa shape index (κ1) is 16.5. The Morgan fingerprint density at radius 2 is 1.84 bits per heavy atom. The monoisotopic (exact) mass is 403 g/mol. The minimum Gasteiger partial charge on any atom is -0.356 e. The molecule has 0 radical (unpaired) electrons. The van der Waals surface area contributed by atoms with Crippen molar-refractivity contribution in [1.82, 2.24) is 9.88 Å². The second kappa shape index (κ2) is 6.75. The van der Waals surface area contributed by atoms with Gasteiger partial charge in [0.25, 0.3) is 0 Å². The average Bonchev–Trinajstić information content (AvgIpc) is 3.16. The number of hydrogen-bond acceptors (Lipinski definition) is 3. The van der Waals surface area contributed by atoms with Crippen LogP contribution in [-0.4, -0.2) is 42.0 Å². The molecule has 0 bridgehead atoms. The van der Waals surface area contributed by atoms with Gasteiger partial charge in [-0.3, -0.25) is 4.79 Å². The van der Waals surface area contributed by atoms with Gasteiger partial charge in [-0.25, -0.2) is 9.37 Å². The van der Waals surface area contributed by atoms with Crippen LogP contribution >= 0.6 is 15.9 Å². The summed E-state index contributed by atoms with van der Waals surface area (Å²) >= 11 is 3.41. The van der Waals surface area contributed by atoms with Crippen LogP contribution in [0.4, 0.5) is 10.2 Å². The molecule has 0 spiro atoms. The molecule has 2 saturated heterocycles. The van der Waals surface area contributed by atoms with Gasteiger partial charge in [0.1, 0.15) is 11.6 Å². The van der Waals surface area contributed by atoms with E-state index in [0.717, 1.165) is 36.5 Å². The Hall–Kier alpha value is -1.95. The molecule has 4 rings (SSSR count). The van der Waals surface area contributed by atoms with Crippen molar-refractivity contribution in [3.63, 3.8) is 0 Å². The van der Waals surface area contributed by atoms with Gasteiger partial charge in [-0.15, -0.1) is 0 Å². The number of carbonyl (C=O) groups is 1. The fourth-order valence-electron chi connectivity index (χ4n) is 3.86. The van der Waals surface area contributed by atoms with Crippen molar-refractivity contribution in [1.29, 1.82) is 0 Å². The number of nitrogens with zero attached hydrogens (tertiary/aromatic N) is 3. The lowest BCUT2D eigenvalue weighted by Gasteiger charge is -2.22. The fourth-order valence-corrected chi connectivity index (χ4v) is 4.09. The minimum atomic E-state index is -0.303. The lowest BCUT2D eigenvalue weighted by atomic mass is 10.0. The van der Waals surface area contributed by atoms with E-state index in [1.54, 1.807) is 18.2 Å². The Bertz CT molecular complexity index is 768. The van der Waals surface area contributed by atoms with E-state index in [4.69, 9.17) is 0 Å². The molecule has 2 aliphatic rings. The van der Waals surface area contributed by atoms with E-state index in [1.165, 1.54) is 6.07 Å². The number of fused-ring (bicyclic) bond motifs is 1. The quantitative estimate of drug-likeness (QED) is 0.789. The molecule has 2 aliphatic heterocycles. The Morgan fingerprint density at radius 1 is 1.12 bits per heavy atom. The summed E-state index contributed by atoms with van der Waals surface area (Å²) in [7, 11) is 0. The molecule has 2 fully saturated rings. The fraction of sp³-hybridized carbons (Fsp3) is 0.368. The Balaban J connectivity index is 1.37. The molecule has 0 saturated carbocycles. The number of likely N-dealkylation sites (tertiary alicyclic amines) is 1. The van der Waals surface area contributed by atoms with Crippen molar-refractivity contribution in [2.75, 3.05) is 31.1 Å². The number of halogens is 2. The molecule has 1 amide bonds. The number of hydrogen-bond donors (Lipinski definition) is 0. The van der Waals surface area contributed by atoms with Crippen molar-refractivity contribution in [2.24, 2.45) is 11.8 Å². The van der Waals surface area contributed by atoms with E-state index in [2.05, 4.69) is 25.8 Å². The first-order chi connectivity index (χ1) is 12.1. The third-order valence-electron chi connectivity index (χ3n) is 5.17. The number of benzene rings is 1. The van der Waals surface area contributed by atoms with Crippen molar-refractivity contribution >= 4 is 27.7 Å². The zero-order valence-corrected chi connectivity index (χ0v) is 15.3. The zero-order chi connectivity index (χ0) is 17.4. The van der Waals surface area contributed by atoms with E-state index >= 15 is 0 Å². The van der Waals surface area contributed by atoms with Gasteiger partial charge in [-0.1, -0.05) is 18.2 Å². The summed E-state index contributed by atoms with van der Waals surface area (Å²) < 4.78 is 14.7. The summed E-state index contributed by atoms with van der Waals surface area (Å²) in [4.78, 5) is 21.2. The smallest absolute Gasteiger partial charge is 0.227 e. The number of pyridine rings is 1. The average molecular weight is 404 g/mol. The minimum absolute atomic E-state index is 0.0211. The van der Waals surface area contributed by atoms with Gasteiger partial charge in [0.2, 0.25) is 5.91 Å². The molecule has 0 N–H and O–H groups in total. The van der Waals surface area contributed by atoms with Crippen LogP contribution in [0.25, 0.3) is 0 Å². The van der Waals surface area contributed by atoms with Crippen molar-refractivity contribution < 1.29 is 9.18 Å². The molecule has 6 heteroatoms. The van der Waals surface area contributed by atoms with E-state index in [9.17, 15) is 9.18 Å². The van der Waals surface area contributed by atoms with Gasteiger partial charge in [-0.2, -0.15) is 0 Å². The van der Waals surface area contributed by atoms with Crippen molar-refractivity contribution in [3.8, 4) is 0 Å². The number of amides is 1. The first-order valence-electron chi connectivity index (χ1n) is 8.48. The Morgan fingerprint density at radius 3 is 2.48 bits per heavy atom. The Labute approximate surface area is 154 Å². The van der Waals surface area contributed by atoms with E-state index in [0.29, 0.717) is 17.4 Å². The highest BCUT2D eigenvalue weighted by atomic mass is 79.9. The molecule has 4 nitrogen and oxygen atoms in total. The second-order valence-electron chi connectivity index (χ2n) is 6.83. The molecule has 2 atom stereocenters. The molecule has 1 aromatic carbocycles. The largest absolute Gasteiger partial charge is 0.356 e. The van der Waals surface area contributed by atoms with Crippen LogP contribution in [0, 0.1) is 17.7 Å². The molecule has 130 valence electrons. The highest BCUT2D eigenvalue weighted by Gasteiger charge is 2.41. The molecule has 25 heavy (non-hydrogen) atoms. The summed E-state index contributed by atoms with van der Waals surface area (Å²) in [5, 5.41) is 0. The van der Waals surface area contributed by atoms with Gasteiger partial charge in [-0.05, 0) is 39.7 Å². The van der Waals surface area contributed by atoms with Crippen LogP contribution in [0.3, 0.4) is 0 Å². The zero-order valence-electron chi connectivity index (χ0n) is 13.7. The third kappa shape index (κ3) is 3.40. The molecule has 1 aromatic heterocycles. The summed E-state index contributed by atoms with van der Waals surface area (Å²) in [6, 6.07) is 10.5. The van der Waals surface area contributed by atoms with Gasteiger partial charge in [0.05, 0.1) is 6.42 Å². The lowest BCUT2D eigenvalue weighted by Crippen LogP contribution is -2.34. The van der Waals surface area contributed by atoms with Gasteiger partial charge >= 0.3 is 0 Å². The van der Waals surface area contributed by atoms with Gasteiger partial charge in [0, 0.05) is 48.7 Å². The maximum Gasteiger partial charge on any atom is 0.227 e. The van der Waals surface area contributed by atoms with Crippen molar-refractivity contribution in [3.05, 3.63) is 58.4 Å².